The minimum Gasteiger partial charge on any atom is -0.383 e. The molecule has 21 heavy (non-hydrogen) atoms. The van der Waals surface area contributed by atoms with Gasteiger partial charge in [-0.05, 0) is 37.6 Å². The molecule has 1 atom stereocenters. The smallest absolute Gasteiger partial charge is 0.241 e. The summed E-state index contributed by atoms with van der Waals surface area (Å²) in [4.78, 5) is 0.340. The van der Waals surface area contributed by atoms with Gasteiger partial charge in [0.15, 0.2) is 0 Å². The number of methoxy groups -OCH3 is 1. The van der Waals surface area contributed by atoms with Crippen LogP contribution in [0.2, 0.25) is 0 Å². The first-order chi connectivity index (χ1) is 9.94. The Morgan fingerprint density at radius 3 is 2.62 bits per heavy atom. The molecule has 0 bridgehead atoms. The Balaban J connectivity index is 3.02. The van der Waals surface area contributed by atoms with Gasteiger partial charge >= 0.3 is 0 Å². The van der Waals surface area contributed by atoms with Crippen LogP contribution in [0.3, 0.4) is 0 Å². The van der Waals surface area contributed by atoms with Crippen molar-refractivity contribution in [3.8, 4) is 0 Å². The highest BCUT2D eigenvalue weighted by molar-refractivity contribution is 7.89. The summed E-state index contributed by atoms with van der Waals surface area (Å²) in [5.41, 5.74) is 1.69. The summed E-state index contributed by atoms with van der Waals surface area (Å²) in [5.74, 6) is 0. The molecule has 120 valence electrons. The fourth-order valence-electron chi connectivity index (χ4n) is 2.26. The number of rotatable bonds is 9. The Labute approximate surface area is 128 Å². The van der Waals surface area contributed by atoms with Crippen LogP contribution < -0.4 is 10.0 Å². The second-order valence-electron chi connectivity index (χ2n) is 5.19. The third-order valence-corrected chi connectivity index (χ3v) is 4.91. The molecular weight excluding hydrogens is 288 g/mol. The normalized spacial score (nSPS) is 13.3. The van der Waals surface area contributed by atoms with Gasteiger partial charge in [-0.15, -0.1) is 0 Å². The van der Waals surface area contributed by atoms with E-state index in [1.165, 1.54) is 0 Å². The lowest BCUT2D eigenvalue weighted by molar-refractivity contribution is 0.171. The summed E-state index contributed by atoms with van der Waals surface area (Å²) < 4.78 is 33.0. The first-order valence-electron chi connectivity index (χ1n) is 7.20. The van der Waals surface area contributed by atoms with E-state index >= 15 is 0 Å². The number of hydrogen-bond acceptors (Lipinski definition) is 4. The number of hydrogen-bond donors (Lipinski definition) is 2. The lowest BCUT2D eigenvalue weighted by atomic mass is 10.1. The predicted molar refractivity (Wildman–Crippen MR) is 84.8 cm³/mol. The number of ether oxygens (including phenoxy) is 1. The molecule has 0 aliphatic rings. The van der Waals surface area contributed by atoms with E-state index in [0.29, 0.717) is 18.0 Å². The predicted octanol–water partition coefficient (Wildman–Crippen LogP) is 1.81. The molecule has 5 nitrogen and oxygen atoms in total. The van der Waals surface area contributed by atoms with E-state index in [0.717, 1.165) is 24.0 Å². The number of aryl methyl sites for hydroxylation is 1. The molecule has 0 fully saturated rings. The summed E-state index contributed by atoms with van der Waals surface area (Å²) in [6.07, 6.45) is 1.65. The number of nitrogens with one attached hydrogen (secondary N) is 2. The van der Waals surface area contributed by atoms with E-state index < -0.39 is 10.0 Å². The first kappa shape index (κ1) is 18.1. The highest BCUT2D eigenvalue weighted by Crippen LogP contribution is 2.18. The van der Waals surface area contributed by atoms with E-state index in [1.807, 2.05) is 33.0 Å². The Morgan fingerprint density at radius 2 is 2.05 bits per heavy atom. The van der Waals surface area contributed by atoms with Crippen LogP contribution in [0, 0.1) is 6.92 Å². The standard InChI is InChI=1S/C15H26N2O3S/c1-5-6-14(11-20-4)17-21(18,19)15-9-13(10-16-3)8-7-12(15)2/h7-9,14,16-17H,5-6,10-11H2,1-4H3. The van der Waals surface area contributed by atoms with Crippen LogP contribution >= 0.6 is 0 Å². The molecule has 0 saturated carbocycles. The maximum Gasteiger partial charge on any atom is 0.241 e. The molecule has 0 aromatic heterocycles. The minimum absolute atomic E-state index is 0.197. The molecule has 0 heterocycles. The van der Waals surface area contributed by atoms with Crippen LogP contribution in [0.5, 0.6) is 0 Å². The lowest BCUT2D eigenvalue weighted by Crippen LogP contribution is -2.38. The highest BCUT2D eigenvalue weighted by Gasteiger charge is 2.21. The van der Waals surface area contributed by atoms with E-state index in [4.69, 9.17) is 4.74 Å². The highest BCUT2D eigenvalue weighted by atomic mass is 32.2. The third-order valence-electron chi connectivity index (χ3n) is 3.25. The van der Waals surface area contributed by atoms with Gasteiger partial charge in [0.2, 0.25) is 10.0 Å². The van der Waals surface area contributed by atoms with Crippen molar-refractivity contribution in [2.24, 2.45) is 0 Å². The van der Waals surface area contributed by atoms with Gasteiger partial charge in [-0.1, -0.05) is 25.5 Å². The van der Waals surface area contributed by atoms with E-state index in [-0.39, 0.29) is 6.04 Å². The summed E-state index contributed by atoms with van der Waals surface area (Å²) in [5, 5.41) is 3.03. The van der Waals surface area contributed by atoms with Crippen molar-refractivity contribution < 1.29 is 13.2 Å². The van der Waals surface area contributed by atoms with Crippen molar-refractivity contribution >= 4 is 10.0 Å². The lowest BCUT2D eigenvalue weighted by Gasteiger charge is -2.18. The summed E-state index contributed by atoms with van der Waals surface area (Å²) in [7, 11) is -0.119. The average molecular weight is 314 g/mol. The molecular formula is C15H26N2O3S. The van der Waals surface area contributed by atoms with E-state index in [1.54, 1.807) is 13.2 Å². The van der Waals surface area contributed by atoms with E-state index in [9.17, 15) is 8.42 Å². The molecule has 0 aliphatic carbocycles. The SMILES string of the molecule is CCCC(COC)NS(=O)(=O)c1cc(CNC)ccc1C. The van der Waals surface area contributed by atoms with Crippen molar-refractivity contribution in [1.82, 2.24) is 10.0 Å². The molecule has 6 heteroatoms. The Morgan fingerprint density at radius 1 is 1.33 bits per heavy atom. The molecule has 1 rings (SSSR count). The zero-order chi connectivity index (χ0) is 15.9. The van der Waals surface area contributed by atoms with Gasteiger partial charge in [-0.2, -0.15) is 0 Å². The van der Waals surface area contributed by atoms with Gasteiger partial charge in [0, 0.05) is 19.7 Å². The van der Waals surface area contributed by atoms with Crippen molar-refractivity contribution in [2.45, 2.75) is 44.2 Å². The fourth-order valence-corrected chi connectivity index (χ4v) is 3.81. The van der Waals surface area contributed by atoms with Gasteiger partial charge in [0.1, 0.15) is 0 Å². The number of sulfonamides is 1. The molecule has 1 aromatic carbocycles. The van der Waals surface area contributed by atoms with Gasteiger partial charge in [0.25, 0.3) is 0 Å². The van der Waals surface area contributed by atoms with Crippen LogP contribution in [-0.4, -0.2) is 35.2 Å². The molecule has 1 unspecified atom stereocenters. The van der Waals surface area contributed by atoms with Gasteiger partial charge in [-0.25, -0.2) is 13.1 Å². The van der Waals surface area contributed by atoms with Crippen LogP contribution in [0.4, 0.5) is 0 Å². The molecule has 0 spiro atoms. The zero-order valence-corrected chi connectivity index (χ0v) is 14.1. The monoisotopic (exact) mass is 314 g/mol. The maximum absolute atomic E-state index is 12.6. The second-order valence-corrected chi connectivity index (χ2v) is 6.87. The topological polar surface area (TPSA) is 67.4 Å². The molecule has 0 amide bonds. The van der Waals surface area contributed by atoms with Crippen molar-refractivity contribution in [3.63, 3.8) is 0 Å². The van der Waals surface area contributed by atoms with Crippen molar-refractivity contribution in [3.05, 3.63) is 29.3 Å². The van der Waals surface area contributed by atoms with Crippen molar-refractivity contribution in [1.29, 1.82) is 0 Å². The van der Waals surface area contributed by atoms with Crippen LogP contribution in [-0.2, 0) is 21.3 Å². The van der Waals surface area contributed by atoms with Gasteiger partial charge in [0.05, 0.1) is 11.5 Å². The molecule has 0 radical (unpaired) electrons. The second kappa shape index (κ2) is 8.48. The fraction of sp³-hybridized carbons (Fsp3) is 0.600. The summed E-state index contributed by atoms with van der Waals surface area (Å²) in [6.45, 7) is 4.85. The first-order valence-corrected chi connectivity index (χ1v) is 8.68. The third kappa shape index (κ3) is 5.39. The Kier molecular flexibility index (Phi) is 7.31. The largest absolute Gasteiger partial charge is 0.383 e. The molecule has 1 aromatic rings. The van der Waals surface area contributed by atoms with Crippen LogP contribution in [0.15, 0.2) is 23.1 Å². The quantitative estimate of drug-likeness (QED) is 0.729. The molecule has 2 N–H and O–H groups in total. The van der Waals surface area contributed by atoms with Gasteiger partial charge < -0.3 is 10.1 Å². The van der Waals surface area contributed by atoms with Gasteiger partial charge in [-0.3, -0.25) is 0 Å². The summed E-state index contributed by atoms with van der Waals surface area (Å²) >= 11 is 0. The maximum atomic E-state index is 12.6. The average Bonchev–Trinajstić information content (AvgIpc) is 2.41. The molecule has 0 aliphatic heterocycles. The minimum atomic E-state index is -3.53. The number of benzene rings is 1. The summed E-state index contributed by atoms with van der Waals surface area (Å²) in [6, 6.07) is 5.30. The van der Waals surface area contributed by atoms with Crippen molar-refractivity contribution in [2.75, 3.05) is 20.8 Å². The zero-order valence-electron chi connectivity index (χ0n) is 13.3. The Hall–Kier alpha value is -0.950. The van der Waals surface area contributed by atoms with Crippen LogP contribution in [0.1, 0.15) is 30.9 Å². The van der Waals surface area contributed by atoms with E-state index in [2.05, 4.69) is 10.0 Å². The van der Waals surface area contributed by atoms with Crippen LogP contribution in [0.25, 0.3) is 0 Å². The molecule has 0 saturated heterocycles. The Bertz CT molecular complexity index is 538.